The number of alkyl halides is 1. The third-order valence-electron chi connectivity index (χ3n) is 2.56. The van der Waals surface area contributed by atoms with Crippen LogP contribution in [-0.2, 0) is 12.5 Å². The standard InChI is InChI=1S/C14H10Br2Cl2O/c15-11-3-4-14(10(5-11)7-17)19-8-9-1-2-12(16)6-13(9)18/h1-6H,7-8H2. The summed E-state index contributed by atoms with van der Waals surface area (Å²) in [6.45, 7) is 0.414. The van der Waals surface area contributed by atoms with E-state index in [1.54, 1.807) is 0 Å². The van der Waals surface area contributed by atoms with Gasteiger partial charge in [0.05, 0.1) is 5.88 Å². The average molecular weight is 425 g/mol. The number of ether oxygens (including phenoxy) is 1. The molecule has 2 aromatic rings. The van der Waals surface area contributed by atoms with Crippen molar-refractivity contribution in [2.75, 3.05) is 0 Å². The van der Waals surface area contributed by atoms with Crippen LogP contribution in [0.1, 0.15) is 11.1 Å². The fourth-order valence-corrected chi connectivity index (χ4v) is 2.93. The first kappa shape index (κ1) is 15.2. The zero-order valence-corrected chi connectivity index (χ0v) is 14.5. The van der Waals surface area contributed by atoms with E-state index < -0.39 is 0 Å². The van der Waals surface area contributed by atoms with Crippen molar-refractivity contribution in [1.82, 2.24) is 0 Å². The summed E-state index contributed by atoms with van der Waals surface area (Å²) in [4.78, 5) is 0. The molecule has 19 heavy (non-hydrogen) atoms. The van der Waals surface area contributed by atoms with Gasteiger partial charge in [0.25, 0.3) is 0 Å². The van der Waals surface area contributed by atoms with E-state index in [9.17, 15) is 0 Å². The maximum atomic E-state index is 6.15. The van der Waals surface area contributed by atoms with Crippen LogP contribution in [0.3, 0.4) is 0 Å². The van der Waals surface area contributed by atoms with Gasteiger partial charge in [-0.25, -0.2) is 0 Å². The summed E-state index contributed by atoms with van der Waals surface area (Å²) in [6.07, 6.45) is 0. The van der Waals surface area contributed by atoms with Crippen molar-refractivity contribution in [3.8, 4) is 5.75 Å². The second-order valence-corrected chi connectivity index (χ2v) is 6.42. The first-order valence-corrected chi connectivity index (χ1v) is 8.01. The summed E-state index contributed by atoms with van der Waals surface area (Å²) < 4.78 is 7.72. The van der Waals surface area contributed by atoms with Gasteiger partial charge in [-0.15, -0.1) is 11.6 Å². The Morgan fingerprint density at radius 2 is 1.63 bits per heavy atom. The molecule has 0 aliphatic heterocycles. The molecule has 2 aromatic carbocycles. The van der Waals surface area contributed by atoms with E-state index in [4.69, 9.17) is 27.9 Å². The number of rotatable bonds is 4. The minimum absolute atomic E-state index is 0.406. The molecule has 5 heteroatoms. The van der Waals surface area contributed by atoms with Gasteiger partial charge in [0.1, 0.15) is 12.4 Å². The van der Waals surface area contributed by atoms with Gasteiger partial charge in [-0.05, 0) is 30.3 Å². The first-order valence-electron chi connectivity index (χ1n) is 5.51. The van der Waals surface area contributed by atoms with E-state index in [0.29, 0.717) is 17.5 Å². The molecule has 0 heterocycles. The van der Waals surface area contributed by atoms with Crippen LogP contribution >= 0.6 is 55.1 Å². The Bertz CT molecular complexity index is 588. The molecule has 0 N–H and O–H groups in total. The van der Waals surface area contributed by atoms with E-state index in [1.165, 1.54) is 0 Å². The minimum Gasteiger partial charge on any atom is -0.489 e. The Hall–Kier alpha value is -0.220. The van der Waals surface area contributed by atoms with E-state index in [1.807, 2.05) is 36.4 Å². The quantitative estimate of drug-likeness (QED) is 0.532. The molecule has 0 atom stereocenters. The monoisotopic (exact) mass is 422 g/mol. The molecular weight excluding hydrogens is 415 g/mol. The summed E-state index contributed by atoms with van der Waals surface area (Å²) in [5, 5.41) is 0.680. The van der Waals surface area contributed by atoms with Crippen LogP contribution < -0.4 is 4.74 Å². The van der Waals surface area contributed by atoms with E-state index in [0.717, 1.165) is 25.8 Å². The van der Waals surface area contributed by atoms with Crippen LogP contribution in [0.4, 0.5) is 0 Å². The predicted octanol–water partition coefficient (Wildman–Crippen LogP) is 6.18. The highest BCUT2D eigenvalue weighted by molar-refractivity contribution is 9.10. The van der Waals surface area contributed by atoms with Crippen LogP contribution in [-0.4, -0.2) is 0 Å². The summed E-state index contributed by atoms with van der Waals surface area (Å²) >= 11 is 18.8. The predicted molar refractivity (Wildman–Crippen MR) is 87.2 cm³/mol. The lowest BCUT2D eigenvalue weighted by Gasteiger charge is -2.11. The third-order valence-corrected chi connectivity index (χ3v) is 4.19. The maximum Gasteiger partial charge on any atom is 0.124 e. The molecular formula is C14H10Br2Cl2O. The largest absolute Gasteiger partial charge is 0.489 e. The number of benzene rings is 2. The zero-order valence-electron chi connectivity index (χ0n) is 9.80. The van der Waals surface area contributed by atoms with Gasteiger partial charge in [-0.2, -0.15) is 0 Å². The Labute approximate surface area is 139 Å². The van der Waals surface area contributed by atoms with Crippen molar-refractivity contribution in [2.24, 2.45) is 0 Å². The molecule has 1 nitrogen and oxygen atoms in total. The van der Waals surface area contributed by atoms with Crippen LogP contribution in [0.25, 0.3) is 0 Å². The Kier molecular flexibility index (Phi) is 5.58. The van der Waals surface area contributed by atoms with Crippen molar-refractivity contribution >= 4 is 55.1 Å². The molecule has 2 rings (SSSR count). The maximum absolute atomic E-state index is 6.15. The molecule has 100 valence electrons. The average Bonchev–Trinajstić information content (AvgIpc) is 2.39. The fourth-order valence-electron chi connectivity index (χ4n) is 1.59. The highest BCUT2D eigenvalue weighted by Crippen LogP contribution is 2.27. The summed E-state index contributed by atoms with van der Waals surface area (Å²) in [7, 11) is 0. The molecule has 0 unspecified atom stereocenters. The molecule has 0 saturated carbocycles. The molecule has 0 amide bonds. The lowest BCUT2D eigenvalue weighted by Crippen LogP contribution is -1.98. The molecule has 0 bridgehead atoms. The molecule has 0 aromatic heterocycles. The molecule has 0 aliphatic carbocycles. The van der Waals surface area contributed by atoms with E-state index in [-0.39, 0.29) is 0 Å². The number of hydrogen-bond donors (Lipinski definition) is 0. The van der Waals surface area contributed by atoms with Crippen molar-refractivity contribution < 1.29 is 4.74 Å². The highest BCUT2D eigenvalue weighted by atomic mass is 79.9. The first-order chi connectivity index (χ1) is 9.10. The second-order valence-electron chi connectivity index (χ2n) is 3.91. The molecule has 0 saturated heterocycles. The van der Waals surface area contributed by atoms with E-state index >= 15 is 0 Å². The van der Waals surface area contributed by atoms with Crippen LogP contribution in [0, 0.1) is 0 Å². The normalized spacial score (nSPS) is 10.5. The zero-order chi connectivity index (χ0) is 13.8. The number of halogens is 4. The Morgan fingerprint density at radius 1 is 0.947 bits per heavy atom. The van der Waals surface area contributed by atoms with Crippen LogP contribution in [0.5, 0.6) is 5.75 Å². The molecule has 0 fully saturated rings. The molecule has 0 spiro atoms. The summed E-state index contributed by atoms with van der Waals surface area (Å²) in [5.41, 5.74) is 1.89. The van der Waals surface area contributed by atoms with Gasteiger partial charge in [0.15, 0.2) is 0 Å². The number of hydrogen-bond acceptors (Lipinski definition) is 1. The minimum atomic E-state index is 0.406. The van der Waals surface area contributed by atoms with Crippen molar-refractivity contribution in [1.29, 1.82) is 0 Å². The highest BCUT2D eigenvalue weighted by Gasteiger charge is 2.06. The Balaban J connectivity index is 2.14. The van der Waals surface area contributed by atoms with Crippen LogP contribution in [0.15, 0.2) is 45.3 Å². The van der Waals surface area contributed by atoms with Gasteiger partial charge in [-0.3, -0.25) is 0 Å². The Morgan fingerprint density at radius 3 is 2.32 bits per heavy atom. The second kappa shape index (κ2) is 6.98. The SMILES string of the molecule is ClCc1cc(Br)ccc1OCc1ccc(Br)cc1Cl. The topological polar surface area (TPSA) is 9.23 Å². The fraction of sp³-hybridized carbons (Fsp3) is 0.143. The smallest absolute Gasteiger partial charge is 0.124 e. The van der Waals surface area contributed by atoms with Gasteiger partial charge in [0.2, 0.25) is 0 Å². The molecule has 0 radical (unpaired) electrons. The lowest BCUT2D eigenvalue weighted by molar-refractivity contribution is 0.304. The van der Waals surface area contributed by atoms with Gasteiger partial charge in [-0.1, -0.05) is 49.5 Å². The van der Waals surface area contributed by atoms with Crippen LogP contribution in [0.2, 0.25) is 5.02 Å². The lowest BCUT2D eigenvalue weighted by atomic mass is 10.2. The summed E-state index contributed by atoms with van der Waals surface area (Å²) in [5.74, 6) is 1.18. The van der Waals surface area contributed by atoms with Crippen molar-refractivity contribution in [3.63, 3.8) is 0 Å². The van der Waals surface area contributed by atoms with Gasteiger partial charge >= 0.3 is 0 Å². The van der Waals surface area contributed by atoms with Gasteiger partial charge in [0, 0.05) is 25.1 Å². The third kappa shape index (κ3) is 4.12. The summed E-state index contributed by atoms with van der Waals surface area (Å²) in [6, 6.07) is 11.5. The van der Waals surface area contributed by atoms with Crippen molar-refractivity contribution in [3.05, 3.63) is 61.5 Å². The van der Waals surface area contributed by atoms with Crippen molar-refractivity contribution in [2.45, 2.75) is 12.5 Å². The van der Waals surface area contributed by atoms with E-state index in [2.05, 4.69) is 31.9 Å². The molecule has 0 aliphatic rings. The van der Waals surface area contributed by atoms with Gasteiger partial charge < -0.3 is 4.74 Å².